The maximum absolute atomic E-state index is 11.9. The molecule has 2 rings (SSSR count). The Morgan fingerprint density at radius 1 is 1.28 bits per heavy atom. The Morgan fingerprint density at radius 2 is 1.94 bits per heavy atom. The van der Waals surface area contributed by atoms with Crippen LogP contribution in [0.3, 0.4) is 0 Å². The van der Waals surface area contributed by atoms with E-state index in [1.54, 1.807) is 6.92 Å². The molecule has 0 aliphatic heterocycles. The average Bonchev–Trinajstić information content (AvgIpc) is 2.64. The zero-order valence-electron chi connectivity index (χ0n) is 11.2. The van der Waals surface area contributed by atoms with Crippen molar-refractivity contribution < 1.29 is 9.32 Å². The molecule has 2 amide bonds. The van der Waals surface area contributed by atoms with E-state index in [1.807, 2.05) is 6.92 Å². The summed E-state index contributed by atoms with van der Waals surface area (Å²) >= 11 is 0. The molecule has 0 unspecified atom stereocenters. The standard InChI is InChI=1S/C13H21N3O2/c1-8-4-6-11(7-5-8)14-13(17)15-12-9(2)16-18-10(12)3/h8,11H,4-7H2,1-3H3,(H2,14,15,17). The van der Waals surface area contributed by atoms with Crippen LogP contribution in [0.15, 0.2) is 4.52 Å². The normalized spacial score (nSPS) is 23.7. The highest BCUT2D eigenvalue weighted by Gasteiger charge is 2.20. The van der Waals surface area contributed by atoms with Crippen molar-refractivity contribution in [3.63, 3.8) is 0 Å². The molecular formula is C13H21N3O2. The molecule has 1 saturated carbocycles. The van der Waals surface area contributed by atoms with Crippen molar-refractivity contribution in [2.24, 2.45) is 5.92 Å². The Bertz CT molecular complexity index is 400. The number of carbonyl (C=O) groups excluding carboxylic acids is 1. The van der Waals surface area contributed by atoms with Crippen LogP contribution in [0.4, 0.5) is 10.5 Å². The van der Waals surface area contributed by atoms with Gasteiger partial charge in [-0.3, -0.25) is 0 Å². The van der Waals surface area contributed by atoms with Crippen LogP contribution >= 0.6 is 0 Å². The average molecular weight is 251 g/mol. The highest BCUT2D eigenvalue weighted by molar-refractivity contribution is 5.90. The number of anilines is 1. The number of hydrogen-bond donors (Lipinski definition) is 2. The summed E-state index contributed by atoms with van der Waals surface area (Å²) in [6.45, 7) is 5.87. The molecule has 5 nitrogen and oxygen atoms in total. The largest absolute Gasteiger partial charge is 0.359 e. The molecule has 2 N–H and O–H groups in total. The van der Waals surface area contributed by atoms with Gasteiger partial charge in [0.05, 0.1) is 0 Å². The minimum Gasteiger partial charge on any atom is -0.359 e. The van der Waals surface area contributed by atoms with Gasteiger partial charge in [-0.2, -0.15) is 0 Å². The molecule has 1 heterocycles. The number of nitrogens with zero attached hydrogens (tertiary/aromatic N) is 1. The molecule has 0 radical (unpaired) electrons. The Labute approximate surface area is 107 Å². The molecule has 18 heavy (non-hydrogen) atoms. The number of aromatic nitrogens is 1. The van der Waals surface area contributed by atoms with Crippen LogP contribution in [0.2, 0.25) is 0 Å². The third kappa shape index (κ3) is 3.03. The van der Waals surface area contributed by atoms with E-state index in [-0.39, 0.29) is 6.03 Å². The highest BCUT2D eigenvalue weighted by Crippen LogP contribution is 2.24. The van der Waals surface area contributed by atoms with Crippen LogP contribution in [0.1, 0.15) is 44.1 Å². The number of amides is 2. The van der Waals surface area contributed by atoms with Crippen molar-refractivity contribution in [2.45, 2.75) is 52.5 Å². The first-order valence-electron chi connectivity index (χ1n) is 6.56. The summed E-state index contributed by atoms with van der Waals surface area (Å²) in [7, 11) is 0. The van der Waals surface area contributed by atoms with Crippen LogP contribution in [-0.4, -0.2) is 17.2 Å². The van der Waals surface area contributed by atoms with Gasteiger partial charge in [-0.15, -0.1) is 0 Å². The van der Waals surface area contributed by atoms with Gasteiger partial charge in [0, 0.05) is 6.04 Å². The predicted molar refractivity (Wildman–Crippen MR) is 69.6 cm³/mol. The Morgan fingerprint density at radius 3 is 2.50 bits per heavy atom. The van der Waals surface area contributed by atoms with Gasteiger partial charge in [0.2, 0.25) is 0 Å². The number of urea groups is 1. The SMILES string of the molecule is Cc1noc(C)c1NC(=O)NC1CCC(C)CC1. The molecule has 0 spiro atoms. The highest BCUT2D eigenvalue weighted by atomic mass is 16.5. The molecule has 1 aliphatic rings. The van der Waals surface area contributed by atoms with E-state index in [9.17, 15) is 4.79 Å². The van der Waals surface area contributed by atoms with Gasteiger partial charge in [0.1, 0.15) is 11.4 Å². The van der Waals surface area contributed by atoms with Crippen LogP contribution in [0.25, 0.3) is 0 Å². The molecule has 1 aromatic heterocycles. The molecule has 0 bridgehead atoms. The summed E-state index contributed by atoms with van der Waals surface area (Å²) in [5, 5.41) is 9.63. The van der Waals surface area contributed by atoms with Gasteiger partial charge in [-0.05, 0) is 45.4 Å². The van der Waals surface area contributed by atoms with Gasteiger partial charge >= 0.3 is 6.03 Å². The van der Waals surface area contributed by atoms with Gasteiger partial charge in [0.25, 0.3) is 0 Å². The monoisotopic (exact) mass is 251 g/mol. The van der Waals surface area contributed by atoms with E-state index < -0.39 is 0 Å². The number of carbonyl (C=O) groups is 1. The third-order valence-corrected chi connectivity index (χ3v) is 3.62. The van der Waals surface area contributed by atoms with E-state index in [1.165, 1.54) is 12.8 Å². The number of nitrogens with one attached hydrogen (secondary N) is 2. The van der Waals surface area contributed by atoms with Crippen LogP contribution in [-0.2, 0) is 0 Å². The van der Waals surface area contributed by atoms with Gasteiger partial charge in [-0.1, -0.05) is 12.1 Å². The lowest BCUT2D eigenvalue weighted by Gasteiger charge is -2.26. The lowest BCUT2D eigenvalue weighted by atomic mass is 9.87. The minimum atomic E-state index is -0.163. The molecule has 0 atom stereocenters. The van der Waals surface area contributed by atoms with Crippen molar-refractivity contribution in [3.05, 3.63) is 11.5 Å². The maximum atomic E-state index is 11.9. The lowest BCUT2D eigenvalue weighted by Crippen LogP contribution is -2.40. The molecule has 1 aromatic rings. The first-order chi connectivity index (χ1) is 8.56. The lowest BCUT2D eigenvalue weighted by molar-refractivity contribution is 0.239. The van der Waals surface area contributed by atoms with E-state index in [0.29, 0.717) is 23.2 Å². The van der Waals surface area contributed by atoms with Crippen LogP contribution in [0, 0.1) is 19.8 Å². The smallest absolute Gasteiger partial charge is 0.319 e. The Kier molecular flexibility index (Phi) is 3.89. The summed E-state index contributed by atoms with van der Waals surface area (Å²) in [5.74, 6) is 1.42. The van der Waals surface area contributed by atoms with Crippen molar-refractivity contribution in [1.29, 1.82) is 0 Å². The molecule has 1 fully saturated rings. The molecule has 0 saturated heterocycles. The Hall–Kier alpha value is -1.52. The number of aryl methyl sites for hydroxylation is 2. The molecule has 1 aliphatic carbocycles. The molecular weight excluding hydrogens is 230 g/mol. The quantitative estimate of drug-likeness (QED) is 0.849. The van der Waals surface area contributed by atoms with Gasteiger partial charge < -0.3 is 15.2 Å². The fraction of sp³-hybridized carbons (Fsp3) is 0.692. The third-order valence-electron chi connectivity index (χ3n) is 3.62. The number of rotatable bonds is 2. The van der Waals surface area contributed by atoms with Crippen molar-refractivity contribution in [2.75, 3.05) is 5.32 Å². The van der Waals surface area contributed by atoms with Crippen molar-refractivity contribution >= 4 is 11.7 Å². The summed E-state index contributed by atoms with van der Waals surface area (Å²) in [4.78, 5) is 11.9. The fourth-order valence-electron chi connectivity index (χ4n) is 2.40. The second kappa shape index (κ2) is 5.42. The predicted octanol–water partition coefficient (Wildman–Crippen LogP) is 2.99. The molecule has 100 valence electrons. The summed E-state index contributed by atoms with van der Waals surface area (Å²) in [5.41, 5.74) is 1.39. The zero-order valence-corrected chi connectivity index (χ0v) is 11.2. The fourth-order valence-corrected chi connectivity index (χ4v) is 2.40. The van der Waals surface area contributed by atoms with Gasteiger partial charge in [0.15, 0.2) is 5.76 Å². The maximum Gasteiger partial charge on any atom is 0.319 e. The minimum absolute atomic E-state index is 0.163. The van der Waals surface area contributed by atoms with Crippen molar-refractivity contribution in [3.8, 4) is 0 Å². The molecule has 0 aromatic carbocycles. The molecule has 5 heteroatoms. The van der Waals surface area contributed by atoms with E-state index in [4.69, 9.17) is 4.52 Å². The number of hydrogen-bond acceptors (Lipinski definition) is 3. The van der Waals surface area contributed by atoms with E-state index in [0.717, 1.165) is 18.8 Å². The summed E-state index contributed by atoms with van der Waals surface area (Å²) in [6, 6.07) is 0.130. The first-order valence-corrected chi connectivity index (χ1v) is 6.56. The van der Waals surface area contributed by atoms with E-state index in [2.05, 4.69) is 22.7 Å². The van der Waals surface area contributed by atoms with Gasteiger partial charge in [-0.25, -0.2) is 4.79 Å². The second-order valence-corrected chi connectivity index (χ2v) is 5.25. The second-order valence-electron chi connectivity index (χ2n) is 5.25. The topological polar surface area (TPSA) is 67.2 Å². The summed E-state index contributed by atoms with van der Waals surface area (Å²) in [6.07, 6.45) is 4.51. The summed E-state index contributed by atoms with van der Waals surface area (Å²) < 4.78 is 5.01. The van der Waals surface area contributed by atoms with Crippen molar-refractivity contribution in [1.82, 2.24) is 10.5 Å². The van der Waals surface area contributed by atoms with Crippen LogP contribution in [0.5, 0.6) is 0 Å². The zero-order chi connectivity index (χ0) is 13.1. The van der Waals surface area contributed by atoms with E-state index >= 15 is 0 Å². The first kappa shape index (κ1) is 12.9. The van der Waals surface area contributed by atoms with Crippen LogP contribution < -0.4 is 10.6 Å². The Balaban J connectivity index is 1.86.